The topological polar surface area (TPSA) is 111 Å². The minimum absolute atomic E-state index is 0.00774. The van der Waals surface area contributed by atoms with Crippen molar-refractivity contribution in [2.24, 2.45) is 0 Å². The lowest BCUT2D eigenvalue weighted by molar-refractivity contribution is -0.384. The van der Waals surface area contributed by atoms with Gasteiger partial charge in [-0.3, -0.25) is 14.9 Å². The molecule has 9 heteroatoms. The third-order valence-corrected chi connectivity index (χ3v) is 4.68. The van der Waals surface area contributed by atoms with Crippen LogP contribution in [0.3, 0.4) is 0 Å². The van der Waals surface area contributed by atoms with Crippen LogP contribution in [0.5, 0.6) is 0 Å². The molecule has 0 aliphatic carbocycles. The molecule has 1 aromatic heterocycles. The Bertz CT molecular complexity index is 998. The molecule has 0 saturated carbocycles. The molecule has 0 fully saturated rings. The van der Waals surface area contributed by atoms with Crippen LogP contribution < -0.4 is 5.32 Å². The van der Waals surface area contributed by atoms with Crippen molar-refractivity contribution in [2.75, 3.05) is 6.61 Å². The van der Waals surface area contributed by atoms with E-state index in [0.29, 0.717) is 5.01 Å². The summed E-state index contributed by atoms with van der Waals surface area (Å²) in [6.07, 6.45) is 0. The summed E-state index contributed by atoms with van der Waals surface area (Å²) in [6.45, 7) is 1.93. The van der Waals surface area contributed by atoms with Gasteiger partial charge in [0.25, 0.3) is 11.6 Å². The number of nitro benzene ring substituents is 1. The van der Waals surface area contributed by atoms with Crippen molar-refractivity contribution in [2.45, 2.75) is 13.5 Å². The zero-order valence-electron chi connectivity index (χ0n) is 14.3. The van der Waals surface area contributed by atoms with Gasteiger partial charge in [0.05, 0.1) is 33.9 Å². The largest absolute Gasteiger partial charge is 0.462 e. The van der Waals surface area contributed by atoms with Crippen molar-refractivity contribution in [3.63, 3.8) is 0 Å². The van der Waals surface area contributed by atoms with Gasteiger partial charge in [0, 0.05) is 17.7 Å². The predicted molar refractivity (Wildman–Crippen MR) is 99.8 cm³/mol. The van der Waals surface area contributed by atoms with Gasteiger partial charge in [0.15, 0.2) is 0 Å². The molecule has 0 radical (unpaired) electrons. The van der Waals surface area contributed by atoms with Crippen LogP contribution in [-0.4, -0.2) is 28.4 Å². The lowest BCUT2D eigenvalue weighted by Crippen LogP contribution is -2.23. The van der Waals surface area contributed by atoms with E-state index >= 15 is 0 Å². The summed E-state index contributed by atoms with van der Waals surface area (Å²) in [4.78, 5) is 39.2. The van der Waals surface area contributed by atoms with Crippen molar-refractivity contribution in [3.8, 4) is 0 Å². The van der Waals surface area contributed by atoms with Gasteiger partial charge in [-0.25, -0.2) is 9.78 Å². The second-order valence-electron chi connectivity index (χ2n) is 5.50. The average molecular weight is 385 g/mol. The number of nitrogens with zero attached hydrogens (tertiary/aromatic N) is 2. The minimum Gasteiger partial charge on any atom is -0.462 e. The predicted octanol–water partition coefficient (Wildman–Crippen LogP) is 3.31. The number of ether oxygens (including phenoxy) is 1. The molecule has 0 aliphatic heterocycles. The van der Waals surface area contributed by atoms with Crippen molar-refractivity contribution < 1.29 is 19.2 Å². The number of hydrogen-bond acceptors (Lipinski definition) is 7. The number of hydrogen-bond donors (Lipinski definition) is 1. The van der Waals surface area contributed by atoms with Crippen LogP contribution in [-0.2, 0) is 11.3 Å². The van der Waals surface area contributed by atoms with E-state index in [2.05, 4.69) is 10.3 Å². The lowest BCUT2D eigenvalue weighted by Gasteiger charge is -2.06. The second kappa shape index (κ2) is 7.92. The quantitative estimate of drug-likeness (QED) is 0.396. The van der Waals surface area contributed by atoms with Gasteiger partial charge in [-0.05, 0) is 25.1 Å². The Kier molecular flexibility index (Phi) is 5.41. The van der Waals surface area contributed by atoms with E-state index in [0.717, 1.165) is 22.3 Å². The number of amides is 1. The van der Waals surface area contributed by atoms with Gasteiger partial charge >= 0.3 is 5.97 Å². The highest BCUT2D eigenvalue weighted by Gasteiger charge is 2.19. The number of carbonyl (C=O) groups is 2. The SMILES string of the molecule is CCOC(=O)c1cc(C(=O)NCc2nc3ccccc3s2)cc([N+](=O)[O-])c1. The fourth-order valence-corrected chi connectivity index (χ4v) is 3.34. The van der Waals surface area contributed by atoms with Crippen molar-refractivity contribution >= 4 is 39.1 Å². The monoisotopic (exact) mass is 385 g/mol. The summed E-state index contributed by atoms with van der Waals surface area (Å²) < 4.78 is 5.86. The van der Waals surface area contributed by atoms with Crippen molar-refractivity contribution in [1.82, 2.24) is 10.3 Å². The number of carbonyl (C=O) groups excluding carboxylic acids is 2. The number of fused-ring (bicyclic) bond motifs is 1. The fourth-order valence-electron chi connectivity index (χ4n) is 2.43. The molecular weight excluding hydrogens is 370 g/mol. The molecule has 0 atom stereocenters. The number of benzene rings is 2. The fraction of sp³-hybridized carbons (Fsp3) is 0.167. The molecule has 8 nitrogen and oxygen atoms in total. The highest BCUT2D eigenvalue weighted by Crippen LogP contribution is 2.22. The standard InChI is InChI=1S/C18H15N3O5S/c1-2-26-18(23)12-7-11(8-13(9-12)21(24)25)17(22)19-10-16-20-14-5-3-4-6-15(14)27-16/h3-9H,2,10H2,1H3,(H,19,22). The van der Waals surface area contributed by atoms with Gasteiger partial charge in [-0.15, -0.1) is 11.3 Å². The molecule has 1 N–H and O–H groups in total. The van der Waals surface area contributed by atoms with E-state index in [-0.39, 0.29) is 30.0 Å². The molecule has 0 bridgehead atoms. The Hall–Kier alpha value is -3.33. The van der Waals surface area contributed by atoms with E-state index in [1.54, 1.807) is 6.92 Å². The lowest BCUT2D eigenvalue weighted by atomic mass is 10.1. The van der Waals surface area contributed by atoms with Gasteiger partial charge in [-0.1, -0.05) is 12.1 Å². The van der Waals surface area contributed by atoms with Crippen LogP contribution in [0.2, 0.25) is 0 Å². The second-order valence-corrected chi connectivity index (χ2v) is 6.62. The Morgan fingerprint density at radius 3 is 2.67 bits per heavy atom. The van der Waals surface area contributed by atoms with Crippen LogP contribution in [0, 0.1) is 10.1 Å². The number of nitro groups is 1. The van der Waals surface area contributed by atoms with E-state index in [1.165, 1.54) is 17.4 Å². The van der Waals surface area contributed by atoms with Crippen LogP contribution in [0.25, 0.3) is 10.2 Å². The zero-order chi connectivity index (χ0) is 19.4. The summed E-state index contributed by atoms with van der Waals surface area (Å²) >= 11 is 1.45. The number of rotatable bonds is 6. The average Bonchev–Trinajstić information content (AvgIpc) is 3.08. The van der Waals surface area contributed by atoms with Gasteiger partial charge in [-0.2, -0.15) is 0 Å². The van der Waals surface area contributed by atoms with E-state index in [4.69, 9.17) is 4.74 Å². The Labute approximate surface area is 157 Å². The molecule has 27 heavy (non-hydrogen) atoms. The molecule has 0 spiro atoms. The van der Waals surface area contributed by atoms with E-state index < -0.39 is 16.8 Å². The summed E-state index contributed by atoms with van der Waals surface area (Å²) in [7, 11) is 0. The smallest absolute Gasteiger partial charge is 0.338 e. The maximum atomic E-state index is 12.4. The van der Waals surface area contributed by atoms with Crippen LogP contribution >= 0.6 is 11.3 Å². The maximum Gasteiger partial charge on any atom is 0.338 e. The molecule has 2 aromatic carbocycles. The summed E-state index contributed by atoms with van der Waals surface area (Å²) in [5.41, 5.74) is 0.446. The summed E-state index contributed by atoms with van der Waals surface area (Å²) in [6, 6.07) is 11.1. The summed E-state index contributed by atoms with van der Waals surface area (Å²) in [5, 5.41) is 14.5. The summed E-state index contributed by atoms with van der Waals surface area (Å²) in [5.74, 6) is -1.26. The molecule has 0 saturated heterocycles. The maximum absolute atomic E-state index is 12.4. The number of nitrogens with one attached hydrogen (secondary N) is 1. The van der Waals surface area contributed by atoms with Crippen LogP contribution in [0.1, 0.15) is 32.6 Å². The molecule has 3 rings (SSSR count). The Morgan fingerprint density at radius 2 is 1.96 bits per heavy atom. The molecule has 138 valence electrons. The van der Waals surface area contributed by atoms with E-state index in [9.17, 15) is 19.7 Å². The van der Waals surface area contributed by atoms with Crippen LogP contribution in [0.4, 0.5) is 5.69 Å². The number of non-ortho nitro benzene ring substituents is 1. The molecule has 0 unspecified atom stereocenters. The number of aromatic nitrogens is 1. The number of para-hydroxylation sites is 1. The van der Waals surface area contributed by atoms with Crippen LogP contribution in [0.15, 0.2) is 42.5 Å². The van der Waals surface area contributed by atoms with E-state index in [1.807, 2.05) is 24.3 Å². The molecule has 0 aliphatic rings. The third-order valence-electron chi connectivity index (χ3n) is 3.64. The molecule has 3 aromatic rings. The molecule has 1 heterocycles. The number of esters is 1. The zero-order valence-corrected chi connectivity index (χ0v) is 15.1. The first-order valence-corrected chi connectivity index (χ1v) is 8.89. The van der Waals surface area contributed by atoms with Gasteiger partial charge in [0.1, 0.15) is 5.01 Å². The van der Waals surface area contributed by atoms with Gasteiger partial charge in [0.2, 0.25) is 0 Å². The first-order chi connectivity index (χ1) is 13.0. The third kappa shape index (κ3) is 4.26. The Morgan fingerprint density at radius 1 is 1.22 bits per heavy atom. The van der Waals surface area contributed by atoms with Gasteiger partial charge < -0.3 is 10.1 Å². The van der Waals surface area contributed by atoms with Crippen molar-refractivity contribution in [3.05, 3.63) is 68.7 Å². The normalized spacial score (nSPS) is 10.6. The highest BCUT2D eigenvalue weighted by molar-refractivity contribution is 7.18. The first-order valence-electron chi connectivity index (χ1n) is 8.07. The highest BCUT2D eigenvalue weighted by atomic mass is 32.1. The number of thiazole rings is 1. The molecular formula is C18H15N3O5S. The minimum atomic E-state index is -0.721. The van der Waals surface area contributed by atoms with Crippen molar-refractivity contribution in [1.29, 1.82) is 0 Å². The first kappa shape index (κ1) is 18.5. The Balaban J connectivity index is 1.80. The molecule has 1 amide bonds.